The SMILES string of the molecule is CCSc1ccc(CNC(=O)c2ccc(N(C)c3cc(C4CC4)cc(C4CC4)c3)c(OC(F)(F)F)c2)cc1. The molecular weight excluding hydrogens is 509 g/mol. The van der Waals surface area contributed by atoms with E-state index in [0.717, 1.165) is 47.6 Å². The van der Waals surface area contributed by atoms with E-state index in [2.05, 4.69) is 35.2 Å². The minimum Gasteiger partial charge on any atom is -0.404 e. The third kappa shape index (κ3) is 6.65. The Hall–Kier alpha value is -3.13. The summed E-state index contributed by atoms with van der Waals surface area (Å²) in [6.07, 6.45) is -0.314. The number of ether oxygens (including phenoxy) is 1. The van der Waals surface area contributed by atoms with Gasteiger partial charge in [-0.3, -0.25) is 4.79 Å². The van der Waals surface area contributed by atoms with E-state index in [1.165, 1.54) is 29.3 Å². The molecule has 0 radical (unpaired) electrons. The molecule has 1 N–H and O–H groups in total. The number of anilines is 2. The van der Waals surface area contributed by atoms with E-state index >= 15 is 0 Å². The number of amides is 1. The van der Waals surface area contributed by atoms with Crippen LogP contribution in [0.4, 0.5) is 24.5 Å². The number of carbonyl (C=O) groups is 1. The summed E-state index contributed by atoms with van der Waals surface area (Å²) in [5.74, 6) is 1.15. The lowest BCUT2D eigenvalue weighted by Crippen LogP contribution is -2.24. The van der Waals surface area contributed by atoms with Crippen LogP contribution < -0.4 is 15.0 Å². The summed E-state index contributed by atoms with van der Waals surface area (Å²) < 4.78 is 44.6. The minimum absolute atomic E-state index is 0.102. The van der Waals surface area contributed by atoms with Crippen LogP contribution in [0.15, 0.2) is 65.6 Å². The number of alkyl halides is 3. The molecule has 1 amide bonds. The highest BCUT2D eigenvalue weighted by Crippen LogP contribution is 2.47. The monoisotopic (exact) mass is 540 g/mol. The maximum absolute atomic E-state index is 13.4. The van der Waals surface area contributed by atoms with Crippen molar-refractivity contribution in [1.82, 2.24) is 5.32 Å². The summed E-state index contributed by atoms with van der Waals surface area (Å²) in [5.41, 5.74) is 4.57. The van der Waals surface area contributed by atoms with E-state index in [1.807, 2.05) is 24.3 Å². The van der Waals surface area contributed by atoms with Gasteiger partial charge in [0.2, 0.25) is 0 Å². The van der Waals surface area contributed by atoms with Crippen LogP contribution in [-0.4, -0.2) is 25.1 Å². The molecule has 0 heterocycles. The number of nitrogens with one attached hydrogen (secondary N) is 1. The van der Waals surface area contributed by atoms with E-state index in [-0.39, 0.29) is 17.8 Å². The Morgan fingerprint density at radius 3 is 2.16 bits per heavy atom. The number of carbonyl (C=O) groups excluding carboxylic acids is 1. The molecule has 0 spiro atoms. The molecule has 0 aliphatic heterocycles. The molecule has 2 aliphatic rings. The van der Waals surface area contributed by atoms with Gasteiger partial charge in [-0.1, -0.05) is 25.1 Å². The minimum atomic E-state index is -4.89. The maximum Gasteiger partial charge on any atom is 0.573 e. The summed E-state index contributed by atoms with van der Waals surface area (Å²) >= 11 is 1.73. The predicted octanol–water partition coefficient (Wildman–Crippen LogP) is 8.15. The van der Waals surface area contributed by atoms with Gasteiger partial charge in [-0.25, -0.2) is 0 Å². The van der Waals surface area contributed by atoms with Crippen molar-refractivity contribution in [2.75, 3.05) is 17.7 Å². The van der Waals surface area contributed by atoms with Gasteiger partial charge in [0.1, 0.15) is 0 Å². The molecule has 0 unspecified atom stereocenters. The highest BCUT2D eigenvalue weighted by atomic mass is 32.2. The van der Waals surface area contributed by atoms with Crippen LogP contribution in [0.5, 0.6) is 5.75 Å². The number of thioether (sulfide) groups is 1. The lowest BCUT2D eigenvalue weighted by Gasteiger charge is -2.25. The van der Waals surface area contributed by atoms with Crippen LogP contribution >= 0.6 is 11.8 Å². The van der Waals surface area contributed by atoms with Crippen molar-refractivity contribution in [1.29, 1.82) is 0 Å². The van der Waals surface area contributed by atoms with Crippen molar-refractivity contribution >= 4 is 29.0 Å². The first-order valence-corrected chi connectivity index (χ1v) is 14.0. The zero-order chi connectivity index (χ0) is 26.9. The number of nitrogens with zero attached hydrogens (tertiary/aromatic N) is 1. The topological polar surface area (TPSA) is 41.6 Å². The number of hydrogen-bond acceptors (Lipinski definition) is 4. The normalized spacial score (nSPS) is 15.3. The van der Waals surface area contributed by atoms with Crippen molar-refractivity contribution in [3.05, 3.63) is 82.9 Å². The summed E-state index contributed by atoms with van der Waals surface area (Å²) in [6.45, 7) is 2.35. The fourth-order valence-corrected chi connectivity index (χ4v) is 5.25. The zero-order valence-corrected chi connectivity index (χ0v) is 22.3. The smallest absolute Gasteiger partial charge is 0.404 e. The zero-order valence-electron chi connectivity index (χ0n) is 21.5. The first kappa shape index (κ1) is 26.5. The molecule has 4 nitrogen and oxygen atoms in total. The average molecular weight is 541 g/mol. The standard InChI is InChI=1S/C30H31F3N2O2S/c1-3-38-26-11-4-19(5-12-26)18-34-29(36)22-10-13-27(28(17-22)37-30(31,32)33)35(2)25-15-23(20-6-7-20)14-24(16-25)21-8-9-21/h4-5,10-17,20-21H,3,6-9,18H2,1-2H3,(H,34,36). The van der Waals surface area contributed by atoms with Gasteiger partial charge in [0.25, 0.3) is 5.91 Å². The molecule has 2 aliphatic carbocycles. The first-order valence-electron chi connectivity index (χ1n) is 13.0. The van der Waals surface area contributed by atoms with Crippen LogP contribution in [0.3, 0.4) is 0 Å². The van der Waals surface area contributed by atoms with Gasteiger partial charge in [0.05, 0.1) is 5.69 Å². The second kappa shape index (κ2) is 10.9. The molecule has 38 heavy (non-hydrogen) atoms. The van der Waals surface area contributed by atoms with E-state index in [9.17, 15) is 18.0 Å². The van der Waals surface area contributed by atoms with Gasteiger partial charge in [-0.15, -0.1) is 24.9 Å². The highest BCUT2D eigenvalue weighted by Gasteiger charge is 2.34. The maximum atomic E-state index is 13.4. The molecule has 3 aromatic rings. The molecule has 3 aromatic carbocycles. The quantitative estimate of drug-likeness (QED) is 0.264. The fraction of sp³-hybridized carbons (Fsp3) is 0.367. The summed E-state index contributed by atoms with van der Waals surface area (Å²) in [7, 11) is 1.74. The average Bonchev–Trinajstić information content (AvgIpc) is 3.80. The second-order valence-electron chi connectivity index (χ2n) is 9.96. The van der Waals surface area contributed by atoms with Crippen LogP contribution in [0.25, 0.3) is 0 Å². The van der Waals surface area contributed by atoms with Gasteiger partial charge in [-0.2, -0.15) is 0 Å². The van der Waals surface area contributed by atoms with Gasteiger partial charge in [0.15, 0.2) is 5.75 Å². The number of hydrogen-bond donors (Lipinski definition) is 1. The molecule has 200 valence electrons. The van der Waals surface area contributed by atoms with Crippen LogP contribution in [0.1, 0.15) is 71.5 Å². The Morgan fingerprint density at radius 2 is 1.61 bits per heavy atom. The van der Waals surface area contributed by atoms with Crippen LogP contribution in [-0.2, 0) is 6.54 Å². The Balaban J connectivity index is 1.37. The van der Waals surface area contributed by atoms with E-state index < -0.39 is 18.0 Å². The van der Waals surface area contributed by atoms with E-state index in [1.54, 1.807) is 23.7 Å². The Bertz CT molecular complexity index is 1270. The first-order chi connectivity index (χ1) is 18.2. The van der Waals surface area contributed by atoms with Gasteiger partial charge >= 0.3 is 6.36 Å². The molecule has 0 saturated heterocycles. The van der Waals surface area contributed by atoms with Crippen LogP contribution in [0.2, 0.25) is 0 Å². The lowest BCUT2D eigenvalue weighted by atomic mass is 10.0. The molecule has 8 heteroatoms. The third-order valence-corrected chi connectivity index (χ3v) is 7.84. The summed E-state index contributed by atoms with van der Waals surface area (Å²) in [5, 5.41) is 2.79. The molecule has 2 fully saturated rings. The van der Waals surface area contributed by atoms with Crippen molar-refractivity contribution in [3.8, 4) is 5.75 Å². The molecule has 5 rings (SSSR count). The highest BCUT2D eigenvalue weighted by molar-refractivity contribution is 7.99. The van der Waals surface area contributed by atoms with Crippen molar-refractivity contribution in [2.45, 2.75) is 62.2 Å². The predicted molar refractivity (Wildman–Crippen MR) is 146 cm³/mol. The lowest BCUT2D eigenvalue weighted by molar-refractivity contribution is -0.274. The summed E-state index contributed by atoms with van der Waals surface area (Å²) in [4.78, 5) is 15.7. The van der Waals surface area contributed by atoms with Gasteiger partial charge < -0.3 is 15.0 Å². The summed E-state index contributed by atoms with van der Waals surface area (Å²) in [6, 6.07) is 18.4. The van der Waals surface area contributed by atoms with Crippen molar-refractivity contribution in [3.63, 3.8) is 0 Å². The third-order valence-electron chi connectivity index (χ3n) is 6.94. The molecular formula is C30H31F3N2O2S. The number of rotatable bonds is 10. The van der Waals surface area contributed by atoms with Gasteiger partial charge in [0, 0.05) is 29.7 Å². The number of halogens is 3. The fourth-order valence-electron chi connectivity index (χ4n) is 4.59. The van der Waals surface area contributed by atoms with Crippen molar-refractivity contribution < 1.29 is 22.7 Å². The molecule has 0 bridgehead atoms. The molecule has 2 saturated carbocycles. The Morgan fingerprint density at radius 1 is 0.974 bits per heavy atom. The Kier molecular flexibility index (Phi) is 7.61. The van der Waals surface area contributed by atoms with Crippen molar-refractivity contribution in [2.24, 2.45) is 0 Å². The Labute approximate surface area is 225 Å². The molecule has 0 atom stereocenters. The second-order valence-corrected chi connectivity index (χ2v) is 11.3. The van der Waals surface area contributed by atoms with Crippen LogP contribution in [0, 0.1) is 0 Å². The molecule has 0 aromatic heterocycles. The van der Waals surface area contributed by atoms with Gasteiger partial charge in [-0.05, 0) is 102 Å². The van der Waals surface area contributed by atoms with E-state index in [0.29, 0.717) is 11.8 Å². The number of benzene rings is 3. The largest absolute Gasteiger partial charge is 0.573 e. The van der Waals surface area contributed by atoms with E-state index in [4.69, 9.17) is 0 Å².